The third kappa shape index (κ3) is 5.88. The highest BCUT2D eigenvalue weighted by molar-refractivity contribution is 5.49. The molecule has 1 aromatic rings. The summed E-state index contributed by atoms with van der Waals surface area (Å²) in [6, 6.07) is 7.14. The van der Waals surface area contributed by atoms with Gasteiger partial charge in [-0.05, 0) is 30.7 Å². The lowest BCUT2D eigenvalue weighted by Crippen LogP contribution is -1.96. The number of unbranched alkanes of at least 4 members (excludes halogenated alkanes) is 4. The maximum atomic E-state index is 10.0. The lowest BCUT2D eigenvalue weighted by molar-refractivity contribution is 0.304. The van der Waals surface area contributed by atoms with Crippen LogP contribution >= 0.6 is 0 Å². The van der Waals surface area contributed by atoms with Crippen LogP contribution in [0, 0.1) is 0 Å². The van der Waals surface area contributed by atoms with E-state index in [-0.39, 0.29) is 0 Å². The summed E-state index contributed by atoms with van der Waals surface area (Å²) in [6.07, 6.45) is 7.68. The molecule has 0 amide bonds. The predicted octanol–water partition coefficient (Wildman–Crippen LogP) is 4.00. The molecule has 1 aromatic carbocycles. The van der Waals surface area contributed by atoms with Crippen molar-refractivity contribution in [3.05, 3.63) is 24.3 Å². The van der Waals surface area contributed by atoms with Gasteiger partial charge >= 0.3 is 0 Å². The largest absolute Gasteiger partial charge is 0.494 e. The van der Waals surface area contributed by atoms with Crippen LogP contribution in [-0.2, 0) is 4.79 Å². The molecule has 92 valence electrons. The van der Waals surface area contributed by atoms with Crippen LogP contribution in [-0.4, -0.2) is 12.7 Å². The van der Waals surface area contributed by atoms with E-state index in [0.717, 1.165) is 18.8 Å². The standard InChI is InChI=1S/C14H19NO2/c1-2-3-4-5-6-11-17-14-9-7-13(8-10-14)15-12-16/h7-10H,2-6,11H2,1H3. The minimum atomic E-state index is 0.607. The molecule has 0 spiro atoms. The lowest BCUT2D eigenvalue weighted by atomic mass is 10.2. The molecule has 0 heterocycles. The van der Waals surface area contributed by atoms with E-state index in [2.05, 4.69) is 11.9 Å². The van der Waals surface area contributed by atoms with Gasteiger partial charge in [-0.2, -0.15) is 4.99 Å². The molecule has 0 aliphatic heterocycles. The highest BCUT2D eigenvalue weighted by Gasteiger charge is 1.94. The fourth-order valence-electron chi connectivity index (χ4n) is 1.57. The molecule has 0 aliphatic rings. The molecule has 3 heteroatoms. The topological polar surface area (TPSA) is 38.7 Å². The lowest BCUT2D eigenvalue weighted by Gasteiger charge is -2.05. The molecular formula is C14H19NO2. The van der Waals surface area contributed by atoms with E-state index in [4.69, 9.17) is 4.74 Å². The van der Waals surface area contributed by atoms with Gasteiger partial charge in [0.2, 0.25) is 6.08 Å². The highest BCUT2D eigenvalue weighted by atomic mass is 16.5. The van der Waals surface area contributed by atoms with Crippen LogP contribution in [0.15, 0.2) is 29.3 Å². The Labute approximate surface area is 103 Å². The Kier molecular flexibility index (Phi) is 6.76. The van der Waals surface area contributed by atoms with Crippen molar-refractivity contribution in [3.8, 4) is 5.75 Å². The Morgan fingerprint density at radius 2 is 1.82 bits per heavy atom. The van der Waals surface area contributed by atoms with Crippen molar-refractivity contribution in [1.29, 1.82) is 0 Å². The molecule has 0 bridgehead atoms. The number of ether oxygens (including phenoxy) is 1. The third-order valence-electron chi connectivity index (χ3n) is 2.53. The molecule has 0 saturated heterocycles. The average molecular weight is 233 g/mol. The number of rotatable bonds is 8. The van der Waals surface area contributed by atoms with Gasteiger partial charge in [-0.3, -0.25) is 0 Å². The first-order chi connectivity index (χ1) is 8.36. The van der Waals surface area contributed by atoms with Gasteiger partial charge in [0.15, 0.2) is 0 Å². The van der Waals surface area contributed by atoms with Crippen LogP contribution in [0.5, 0.6) is 5.75 Å². The van der Waals surface area contributed by atoms with Crippen LogP contribution in [0.25, 0.3) is 0 Å². The third-order valence-corrected chi connectivity index (χ3v) is 2.53. The molecule has 1 rings (SSSR count). The predicted molar refractivity (Wildman–Crippen MR) is 68.5 cm³/mol. The van der Waals surface area contributed by atoms with Crippen LogP contribution in [0.1, 0.15) is 39.0 Å². The smallest absolute Gasteiger partial charge is 0.240 e. The van der Waals surface area contributed by atoms with Crippen LogP contribution in [0.4, 0.5) is 5.69 Å². The highest BCUT2D eigenvalue weighted by Crippen LogP contribution is 2.17. The molecule has 0 saturated carbocycles. The molecule has 0 unspecified atom stereocenters. The Morgan fingerprint density at radius 1 is 1.12 bits per heavy atom. The zero-order valence-corrected chi connectivity index (χ0v) is 10.3. The maximum absolute atomic E-state index is 10.0. The second-order valence-corrected chi connectivity index (χ2v) is 3.96. The van der Waals surface area contributed by atoms with Crippen molar-refractivity contribution < 1.29 is 9.53 Å². The van der Waals surface area contributed by atoms with Gasteiger partial charge in [-0.15, -0.1) is 0 Å². The van der Waals surface area contributed by atoms with Crippen molar-refractivity contribution in [2.24, 2.45) is 4.99 Å². The first kappa shape index (κ1) is 13.5. The maximum Gasteiger partial charge on any atom is 0.240 e. The average Bonchev–Trinajstić information content (AvgIpc) is 2.36. The quantitative estimate of drug-likeness (QED) is 0.386. The number of carbonyl (C=O) groups excluding carboxylic acids is 1. The van der Waals surface area contributed by atoms with Crippen molar-refractivity contribution >= 4 is 11.8 Å². The molecule has 17 heavy (non-hydrogen) atoms. The number of nitrogens with zero attached hydrogens (tertiary/aromatic N) is 1. The van der Waals surface area contributed by atoms with Gasteiger partial charge in [-0.25, -0.2) is 4.79 Å². The number of hydrogen-bond donors (Lipinski definition) is 0. The van der Waals surface area contributed by atoms with Crippen molar-refractivity contribution in [2.45, 2.75) is 39.0 Å². The first-order valence-electron chi connectivity index (χ1n) is 6.17. The van der Waals surface area contributed by atoms with Gasteiger partial charge in [0.25, 0.3) is 0 Å². The molecule has 0 radical (unpaired) electrons. The monoisotopic (exact) mass is 233 g/mol. The van der Waals surface area contributed by atoms with E-state index in [0.29, 0.717) is 5.69 Å². The van der Waals surface area contributed by atoms with E-state index in [1.54, 1.807) is 12.1 Å². The fourth-order valence-corrected chi connectivity index (χ4v) is 1.57. The minimum absolute atomic E-state index is 0.607. The number of isocyanates is 1. The van der Waals surface area contributed by atoms with E-state index in [1.807, 2.05) is 12.1 Å². The zero-order chi connectivity index (χ0) is 12.3. The number of aliphatic imine (C=N–C) groups is 1. The molecule has 0 aromatic heterocycles. The van der Waals surface area contributed by atoms with Gasteiger partial charge in [0.05, 0.1) is 12.3 Å². The minimum Gasteiger partial charge on any atom is -0.494 e. The molecule has 0 fully saturated rings. The normalized spacial score (nSPS) is 9.71. The zero-order valence-electron chi connectivity index (χ0n) is 10.3. The summed E-state index contributed by atoms with van der Waals surface area (Å²) in [5, 5.41) is 0. The van der Waals surface area contributed by atoms with Gasteiger partial charge in [0.1, 0.15) is 5.75 Å². The summed E-state index contributed by atoms with van der Waals surface area (Å²) in [7, 11) is 0. The number of benzene rings is 1. The van der Waals surface area contributed by atoms with E-state index in [1.165, 1.54) is 31.8 Å². The summed E-state index contributed by atoms with van der Waals surface area (Å²) in [6.45, 7) is 2.96. The molecule has 0 N–H and O–H groups in total. The second-order valence-electron chi connectivity index (χ2n) is 3.96. The molecule has 3 nitrogen and oxygen atoms in total. The fraction of sp³-hybridized carbons (Fsp3) is 0.500. The summed E-state index contributed by atoms with van der Waals surface area (Å²) >= 11 is 0. The molecule has 0 aliphatic carbocycles. The van der Waals surface area contributed by atoms with Gasteiger partial charge in [0, 0.05) is 0 Å². The van der Waals surface area contributed by atoms with E-state index >= 15 is 0 Å². The Balaban J connectivity index is 2.20. The molecule has 0 atom stereocenters. The Bertz CT molecular complexity index is 353. The van der Waals surface area contributed by atoms with Gasteiger partial charge < -0.3 is 4.74 Å². The van der Waals surface area contributed by atoms with E-state index < -0.39 is 0 Å². The van der Waals surface area contributed by atoms with Crippen LogP contribution in [0.2, 0.25) is 0 Å². The van der Waals surface area contributed by atoms with Crippen LogP contribution < -0.4 is 4.74 Å². The molecular weight excluding hydrogens is 214 g/mol. The Morgan fingerprint density at radius 3 is 2.47 bits per heavy atom. The second kappa shape index (κ2) is 8.54. The first-order valence-corrected chi connectivity index (χ1v) is 6.17. The Hall–Kier alpha value is -1.60. The number of hydrogen-bond acceptors (Lipinski definition) is 3. The van der Waals surface area contributed by atoms with Crippen molar-refractivity contribution in [3.63, 3.8) is 0 Å². The SMILES string of the molecule is CCCCCCCOc1ccc(N=C=O)cc1. The summed E-state index contributed by atoms with van der Waals surface area (Å²) in [5.41, 5.74) is 0.607. The summed E-state index contributed by atoms with van der Waals surface area (Å²) in [5.74, 6) is 0.824. The van der Waals surface area contributed by atoms with Crippen molar-refractivity contribution in [2.75, 3.05) is 6.61 Å². The summed E-state index contributed by atoms with van der Waals surface area (Å²) < 4.78 is 5.58. The van der Waals surface area contributed by atoms with Crippen LogP contribution in [0.3, 0.4) is 0 Å². The van der Waals surface area contributed by atoms with Gasteiger partial charge in [-0.1, -0.05) is 32.6 Å². The summed E-state index contributed by atoms with van der Waals surface area (Å²) in [4.78, 5) is 13.6. The van der Waals surface area contributed by atoms with Crippen molar-refractivity contribution in [1.82, 2.24) is 0 Å². The van der Waals surface area contributed by atoms with E-state index in [9.17, 15) is 4.79 Å².